The molecule has 0 aromatic carbocycles. The molecule has 1 saturated heterocycles. The highest BCUT2D eigenvalue weighted by molar-refractivity contribution is 5.89. The minimum atomic E-state index is -0.232. The third kappa shape index (κ3) is 3.14. The highest BCUT2D eigenvalue weighted by Crippen LogP contribution is 2.31. The standard InChI is InChI=1S/C15H27N3O2/c1-17(2)15(20)13-4-3-9-18(13)14(19)12-7-5-11(10-16)6-8-12/h11-13H,3-10,16H2,1-2H3. The zero-order valence-electron chi connectivity index (χ0n) is 12.7. The molecular formula is C15H27N3O2. The maximum atomic E-state index is 12.7. The summed E-state index contributed by atoms with van der Waals surface area (Å²) in [7, 11) is 3.52. The Hall–Kier alpha value is -1.10. The molecule has 2 rings (SSSR count). The molecule has 2 N–H and O–H groups in total. The summed E-state index contributed by atoms with van der Waals surface area (Å²) in [5.74, 6) is 0.940. The highest BCUT2D eigenvalue weighted by Gasteiger charge is 2.38. The molecule has 20 heavy (non-hydrogen) atoms. The van der Waals surface area contributed by atoms with Gasteiger partial charge in [-0.1, -0.05) is 0 Å². The van der Waals surface area contributed by atoms with Crippen LogP contribution in [0.1, 0.15) is 38.5 Å². The second-order valence-electron chi connectivity index (χ2n) is 6.38. The van der Waals surface area contributed by atoms with Crippen LogP contribution in [0.15, 0.2) is 0 Å². The van der Waals surface area contributed by atoms with Crippen LogP contribution in [0.5, 0.6) is 0 Å². The van der Waals surface area contributed by atoms with Gasteiger partial charge in [-0.2, -0.15) is 0 Å². The fourth-order valence-electron chi connectivity index (χ4n) is 3.46. The van der Waals surface area contributed by atoms with Crippen molar-refractivity contribution in [1.29, 1.82) is 0 Å². The molecule has 0 bridgehead atoms. The fourth-order valence-corrected chi connectivity index (χ4v) is 3.46. The van der Waals surface area contributed by atoms with Gasteiger partial charge < -0.3 is 15.5 Å². The molecule has 2 amide bonds. The first kappa shape index (κ1) is 15.3. The second-order valence-corrected chi connectivity index (χ2v) is 6.38. The molecule has 0 radical (unpaired) electrons. The van der Waals surface area contributed by atoms with Crippen molar-refractivity contribution < 1.29 is 9.59 Å². The summed E-state index contributed by atoms with van der Waals surface area (Å²) in [6.07, 6.45) is 5.70. The molecule has 1 aliphatic heterocycles. The third-order valence-corrected chi connectivity index (χ3v) is 4.79. The lowest BCUT2D eigenvalue weighted by atomic mass is 9.81. The number of likely N-dealkylation sites (N-methyl/N-ethyl adjacent to an activating group) is 1. The van der Waals surface area contributed by atoms with Crippen molar-refractivity contribution in [1.82, 2.24) is 9.80 Å². The van der Waals surface area contributed by atoms with Gasteiger partial charge in [0.1, 0.15) is 6.04 Å². The van der Waals surface area contributed by atoms with Crippen LogP contribution >= 0.6 is 0 Å². The predicted octanol–water partition coefficient (Wildman–Crippen LogP) is 0.831. The van der Waals surface area contributed by atoms with Crippen molar-refractivity contribution >= 4 is 11.8 Å². The van der Waals surface area contributed by atoms with Crippen LogP contribution in [0.25, 0.3) is 0 Å². The summed E-state index contributed by atoms with van der Waals surface area (Å²) in [5, 5.41) is 0. The molecule has 2 aliphatic rings. The van der Waals surface area contributed by atoms with Crippen LogP contribution in [-0.2, 0) is 9.59 Å². The number of hydrogen-bond acceptors (Lipinski definition) is 3. The van der Waals surface area contributed by atoms with Gasteiger partial charge in [-0.3, -0.25) is 9.59 Å². The Morgan fingerprint density at radius 2 is 1.80 bits per heavy atom. The van der Waals surface area contributed by atoms with Gasteiger partial charge in [-0.25, -0.2) is 0 Å². The van der Waals surface area contributed by atoms with Gasteiger partial charge in [0.05, 0.1) is 0 Å². The van der Waals surface area contributed by atoms with E-state index in [4.69, 9.17) is 5.73 Å². The van der Waals surface area contributed by atoms with Gasteiger partial charge in [-0.15, -0.1) is 0 Å². The number of hydrogen-bond donors (Lipinski definition) is 1. The molecule has 5 nitrogen and oxygen atoms in total. The number of carbonyl (C=O) groups excluding carboxylic acids is 2. The van der Waals surface area contributed by atoms with Gasteiger partial charge in [0.15, 0.2) is 0 Å². The van der Waals surface area contributed by atoms with Gasteiger partial charge in [0.2, 0.25) is 11.8 Å². The van der Waals surface area contributed by atoms with E-state index in [0.29, 0.717) is 5.92 Å². The van der Waals surface area contributed by atoms with Crippen LogP contribution in [0.4, 0.5) is 0 Å². The Kier molecular flexibility index (Phi) is 5.02. The first-order valence-electron chi connectivity index (χ1n) is 7.76. The maximum Gasteiger partial charge on any atom is 0.244 e. The van der Waals surface area contributed by atoms with Crippen LogP contribution in [-0.4, -0.2) is 54.8 Å². The Morgan fingerprint density at radius 3 is 2.35 bits per heavy atom. The zero-order chi connectivity index (χ0) is 14.7. The van der Waals surface area contributed by atoms with Gasteiger partial charge in [-0.05, 0) is 51.0 Å². The molecule has 114 valence electrons. The van der Waals surface area contributed by atoms with Gasteiger partial charge in [0, 0.05) is 26.6 Å². The largest absolute Gasteiger partial charge is 0.347 e. The molecule has 0 spiro atoms. The number of rotatable bonds is 3. The molecule has 1 saturated carbocycles. The summed E-state index contributed by atoms with van der Waals surface area (Å²) in [4.78, 5) is 28.2. The van der Waals surface area contributed by atoms with Crippen LogP contribution in [0.3, 0.4) is 0 Å². The monoisotopic (exact) mass is 281 g/mol. The molecular weight excluding hydrogens is 254 g/mol. The lowest BCUT2D eigenvalue weighted by Crippen LogP contribution is -2.48. The first-order chi connectivity index (χ1) is 9.54. The van der Waals surface area contributed by atoms with E-state index < -0.39 is 0 Å². The third-order valence-electron chi connectivity index (χ3n) is 4.79. The lowest BCUT2D eigenvalue weighted by molar-refractivity contribution is -0.145. The summed E-state index contributed by atoms with van der Waals surface area (Å²) in [6.45, 7) is 1.46. The van der Waals surface area contributed by atoms with E-state index in [-0.39, 0.29) is 23.8 Å². The molecule has 1 heterocycles. The van der Waals surface area contributed by atoms with E-state index in [1.54, 1.807) is 19.0 Å². The molecule has 2 fully saturated rings. The highest BCUT2D eigenvalue weighted by atomic mass is 16.2. The van der Waals surface area contributed by atoms with E-state index in [0.717, 1.165) is 51.6 Å². The van der Waals surface area contributed by atoms with E-state index in [2.05, 4.69) is 0 Å². The summed E-state index contributed by atoms with van der Waals surface area (Å²) < 4.78 is 0. The van der Waals surface area contributed by atoms with Crippen molar-refractivity contribution in [3.05, 3.63) is 0 Å². The van der Waals surface area contributed by atoms with E-state index >= 15 is 0 Å². The number of likely N-dealkylation sites (tertiary alicyclic amines) is 1. The van der Waals surface area contributed by atoms with Gasteiger partial charge >= 0.3 is 0 Å². The van der Waals surface area contributed by atoms with Crippen LogP contribution in [0, 0.1) is 11.8 Å². The molecule has 0 aromatic rings. The average Bonchev–Trinajstić information content (AvgIpc) is 2.94. The van der Waals surface area contributed by atoms with E-state index in [1.165, 1.54) is 0 Å². The second kappa shape index (κ2) is 6.57. The van der Waals surface area contributed by atoms with Gasteiger partial charge in [0.25, 0.3) is 0 Å². The molecule has 1 unspecified atom stereocenters. The minimum Gasteiger partial charge on any atom is -0.347 e. The summed E-state index contributed by atoms with van der Waals surface area (Å²) in [5.41, 5.74) is 5.70. The van der Waals surface area contributed by atoms with Crippen molar-refractivity contribution in [2.24, 2.45) is 17.6 Å². The van der Waals surface area contributed by atoms with Crippen molar-refractivity contribution in [2.45, 2.75) is 44.6 Å². The minimum absolute atomic E-state index is 0.0616. The van der Waals surface area contributed by atoms with E-state index in [1.807, 2.05) is 4.90 Å². The number of nitrogens with zero attached hydrogens (tertiary/aromatic N) is 2. The molecule has 0 aromatic heterocycles. The topological polar surface area (TPSA) is 66.6 Å². The molecule has 1 aliphatic carbocycles. The number of carbonyl (C=O) groups is 2. The van der Waals surface area contributed by atoms with Crippen molar-refractivity contribution in [3.8, 4) is 0 Å². The lowest BCUT2D eigenvalue weighted by Gasteiger charge is -2.33. The summed E-state index contributed by atoms with van der Waals surface area (Å²) in [6, 6.07) is -0.232. The molecule has 1 atom stereocenters. The first-order valence-corrected chi connectivity index (χ1v) is 7.76. The fraction of sp³-hybridized carbons (Fsp3) is 0.867. The predicted molar refractivity (Wildman–Crippen MR) is 77.9 cm³/mol. The van der Waals surface area contributed by atoms with Crippen LogP contribution < -0.4 is 5.73 Å². The maximum absolute atomic E-state index is 12.7. The number of nitrogens with two attached hydrogens (primary N) is 1. The Balaban J connectivity index is 1.96. The summed E-state index contributed by atoms with van der Waals surface area (Å²) >= 11 is 0. The zero-order valence-corrected chi connectivity index (χ0v) is 12.7. The quantitative estimate of drug-likeness (QED) is 0.833. The van der Waals surface area contributed by atoms with E-state index in [9.17, 15) is 9.59 Å². The average molecular weight is 281 g/mol. The Bertz CT molecular complexity index is 362. The number of amides is 2. The Labute approximate surface area is 121 Å². The Morgan fingerprint density at radius 1 is 1.15 bits per heavy atom. The SMILES string of the molecule is CN(C)C(=O)C1CCCN1C(=O)C1CCC(CN)CC1. The molecule has 5 heteroatoms. The van der Waals surface area contributed by atoms with Crippen molar-refractivity contribution in [2.75, 3.05) is 27.2 Å². The van der Waals surface area contributed by atoms with Crippen LogP contribution in [0.2, 0.25) is 0 Å². The smallest absolute Gasteiger partial charge is 0.244 e. The normalized spacial score (nSPS) is 30.4. The van der Waals surface area contributed by atoms with Crippen molar-refractivity contribution in [3.63, 3.8) is 0 Å².